The second kappa shape index (κ2) is 10.7. The van der Waals surface area contributed by atoms with E-state index >= 15 is 0 Å². The van der Waals surface area contributed by atoms with Crippen LogP contribution in [0.2, 0.25) is 0 Å². The fourth-order valence-corrected chi connectivity index (χ4v) is 4.91. The van der Waals surface area contributed by atoms with Gasteiger partial charge < -0.3 is 19.7 Å². The Morgan fingerprint density at radius 2 is 2.06 bits per heavy atom. The fraction of sp³-hybridized carbons (Fsp3) is 0.536. The van der Waals surface area contributed by atoms with Gasteiger partial charge in [0.05, 0.1) is 19.3 Å². The number of nitrogens with one attached hydrogen (secondary N) is 1. The van der Waals surface area contributed by atoms with Crippen LogP contribution in [0, 0.1) is 11.3 Å². The van der Waals surface area contributed by atoms with Crippen LogP contribution in [0.15, 0.2) is 48.6 Å². The zero-order valence-electron chi connectivity index (χ0n) is 22.0. The number of nitrogens with zero attached hydrogens (tertiary/aromatic N) is 3. The molecule has 0 amide bonds. The number of carbonyl (C=O) groups is 1. The highest BCUT2D eigenvalue weighted by atomic mass is 32.1. The zero-order valence-corrected chi connectivity index (χ0v) is 22.8. The van der Waals surface area contributed by atoms with Crippen LogP contribution < -0.4 is 10.2 Å². The average molecular weight is 511 g/mol. The molecule has 1 aromatic rings. The minimum atomic E-state index is -0.646. The summed E-state index contributed by atoms with van der Waals surface area (Å²) >= 11 is 5.62. The maximum absolute atomic E-state index is 13.5. The molecular formula is C28H38N4O3S. The van der Waals surface area contributed by atoms with Crippen LogP contribution in [0.3, 0.4) is 0 Å². The third-order valence-corrected chi connectivity index (χ3v) is 6.79. The Bertz CT molecular complexity index is 1110. The van der Waals surface area contributed by atoms with Gasteiger partial charge in [0.1, 0.15) is 10.6 Å². The second-order valence-electron chi connectivity index (χ2n) is 11.0. The minimum absolute atomic E-state index is 0.0419. The van der Waals surface area contributed by atoms with Gasteiger partial charge in [0, 0.05) is 19.5 Å². The van der Waals surface area contributed by atoms with Crippen molar-refractivity contribution < 1.29 is 14.3 Å². The number of aromatic nitrogens is 2. The van der Waals surface area contributed by atoms with E-state index in [-0.39, 0.29) is 18.1 Å². The summed E-state index contributed by atoms with van der Waals surface area (Å²) in [6.07, 6.45) is 21.0. The molecule has 36 heavy (non-hydrogen) atoms. The van der Waals surface area contributed by atoms with E-state index in [9.17, 15) is 4.79 Å². The number of imidazole rings is 1. The van der Waals surface area contributed by atoms with Crippen LogP contribution in [0.25, 0.3) is 0 Å². The number of fused-ring (bicyclic) bond motifs is 1. The van der Waals surface area contributed by atoms with Crippen LogP contribution >= 0.6 is 12.2 Å². The first-order valence-corrected chi connectivity index (χ1v) is 13.1. The Hall–Kier alpha value is -2.71. The van der Waals surface area contributed by atoms with Gasteiger partial charge in [0.25, 0.3) is 0 Å². The van der Waals surface area contributed by atoms with Crippen molar-refractivity contribution in [1.29, 1.82) is 0 Å². The third-order valence-electron chi connectivity index (χ3n) is 6.57. The van der Waals surface area contributed by atoms with Crippen molar-refractivity contribution >= 4 is 34.9 Å². The molecule has 3 atom stereocenters. The highest BCUT2D eigenvalue weighted by molar-refractivity contribution is 7.80. The van der Waals surface area contributed by atoms with Crippen LogP contribution in [-0.2, 0) is 9.47 Å². The molecule has 4 rings (SSSR count). The standard InChI is InChI=1S/C28H38N4O3S/c1-27(2,3)35-25(33)23-24(29-22(36)18-34-19-28-16-12-11-13-20(28)17-28)30-26(31(4)5)32(23)21-14-9-7-6-8-10-15-21/h6-7,10-13,15-16,20-21H,8-9,14,17-19H2,1-5H3,(H,29,36)/b7-6-,15-10-. The molecule has 0 radical (unpaired) electrons. The summed E-state index contributed by atoms with van der Waals surface area (Å²) in [5, 5.41) is 3.20. The number of esters is 1. The van der Waals surface area contributed by atoms with Gasteiger partial charge in [-0.2, -0.15) is 4.98 Å². The zero-order chi connectivity index (χ0) is 25.9. The molecule has 3 unspecified atom stereocenters. The summed E-state index contributed by atoms with van der Waals surface area (Å²) in [6.45, 7) is 6.47. The molecule has 1 saturated carbocycles. The first kappa shape index (κ1) is 26.4. The smallest absolute Gasteiger partial charge is 0.359 e. The van der Waals surface area contributed by atoms with Crippen LogP contribution in [0.1, 0.15) is 63.0 Å². The lowest BCUT2D eigenvalue weighted by atomic mass is 10.0. The summed E-state index contributed by atoms with van der Waals surface area (Å²) in [5.74, 6) is 1.20. The first-order chi connectivity index (χ1) is 17.1. The van der Waals surface area contributed by atoms with Crippen LogP contribution in [-0.4, -0.2) is 53.4 Å². The molecular weight excluding hydrogens is 472 g/mol. The fourth-order valence-electron chi connectivity index (χ4n) is 4.73. The molecule has 1 fully saturated rings. The number of ether oxygens (including phenoxy) is 2. The Kier molecular flexibility index (Phi) is 7.85. The van der Waals surface area contributed by atoms with Crippen molar-refractivity contribution in [2.45, 2.75) is 58.1 Å². The van der Waals surface area contributed by atoms with Crippen LogP contribution in [0.5, 0.6) is 0 Å². The second-order valence-corrected chi connectivity index (χ2v) is 11.5. The van der Waals surface area contributed by atoms with Crippen molar-refractivity contribution in [3.63, 3.8) is 0 Å². The molecule has 3 aliphatic carbocycles. The maximum atomic E-state index is 13.5. The van der Waals surface area contributed by atoms with Gasteiger partial charge in [-0.1, -0.05) is 60.8 Å². The molecule has 194 valence electrons. The predicted octanol–water partition coefficient (Wildman–Crippen LogP) is 5.63. The molecule has 0 spiro atoms. The molecule has 0 bridgehead atoms. The van der Waals surface area contributed by atoms with Gasteiger partial charge in [0.2, 0.25) is 5.95 Å². The molecule has 8 heteroatoms. The molecule has 3 aliphatic rings. The highest BCUT2D eigenvalue weighted by Crippen LogP contribution is 2.56. The molecule has 1 aromatic heterocycles. The van der Waals surface area contributed by atoms with E-state index < -0.39 is 11.6 Å². The number of rotatable bonds is 8. The normalized spacial score (nSPS) is 26.4. The average Bonchev–Trinajstić information content (AvgIpc) is 3.37. The quantitative estimate of drug-likeness (QED) is 0.276. The van der Waals surface area contributed by atoms with E-state index in [1.165, 1.54) is 0 Å². The molecule has 0 saturated heterocycles. The lowest BCUT2D eigenvalue weighted by Crippen LogP contribution is -2.28. The summed E-state index contributed by atoms with van der Waals surface area (Å²) < 4.78 is 13.8. The van der Waals surface area contributed by atoms with Crippen molar-refractivity contribution in [2.24, 2.45) is 11.3 Å². The topological polar surface area (TPSA) is 68.6 Å². The lowest BCUT2D eigenvalue weighted by Gasteiger charge is -2.25. The number of allylic oxidation sites excluding steroid dienone is 7. The Balaban J connectivity index is 1.57. The van der Waals surface area contributed by atoms with Crippen molar-refractivity contribution in [1.82, 2.24) is 9.55 Å². The first-order valence-electron chi connectivity index (χ1n) is 12.7. The maximum Gasteiger partial charge on any atom is 0.359 e. The summed E-state index contributed by atoms with van der Waals surface area (Å²) in [4.78, 5) is 20.7. The molecule has 1 N–H and O–H groups in total. The monoisotopic (exact) mass is 510 g/mol. The highest BCUT2D eigenvalue weighted by Gasteiger charge is 2.51. The lowest BCUT2D eigenvalue weighted by molar-refractivity contribution is 0.00578. The van der Waals surface area contributed by atoms with Gasteiger partial charge in [-0.15, -0.1) is 0 Å². The Labute approximate surface area is 219 Å². The van der Waals surface area contributed by atoms with E-state index in [4.69, 9.17) is 26.7 Å². The van der Waals surface area contributed by atoms with Crippen molar-refractivity contribution in [3.8, 4) is 0 Å². The van der Waals surface area contributed by atoms with E-state index in [0.29, 0.717) is 35.0 Å². The largest absolute Gasteiger partial charge is 0.455 e. The van der Waals surface area contributed by atoms with Crippen molar-refractivity contribution in [2.75, 3.05) is 37.5 Å². The van der Waals surface area contributed by atoms with Gasteiger partial charge in [-0.25, -0.2) is 4.79 Å². The van der Waals surface area contributed by atoms with Gasteiger partial charge in [-0.05, 0) is 52.4 Å². The molecule has 7 nitrogen and oxygen atoms in total. The Morgan fingerprint density at radius 3 is 2.78 bits per heavy atom. The molecule has 0 aliphatic heterocycles. The van der Waals surface area contributed by atoms with E-state index in [0.717, 1.165) is 25.7 Å². The van der Waals surface area contributed by atoms with Gasteiger partial charge >= 0.3 is 5.97 Å². The van der Waals surface area contributed by atoms with Gasteiger partial charge in [0.15, 0.2) is 11.5 Å². The predicted molar refractivity (Wildman–Crippen MR) is 149 cm³/mol. The number of hydrogen-bond donors (Lipinski definition) is 1. The van der Waals surface area contributed by atoms with Crippen molar-refractivity contribution in [3.05, 3.63) is 54.3 Å². The minimum Gasteiger partial charge on any atom is -0.455 e. The SMILES string of the molecule is CN(C)c1nc(NC(=S)COCC23C=CC=CC2C3)c(C(=O)OC(C)(C)C)n1C1/C=C\C/C=C\CC1. The van der Waals surface area contributed by atoms with E-state index in [2.05, 4.69) is 53.9 Å². The van der Waals surface area contributed by atoms with E-state index in [1.807, 2.05) is 44.3 Å². The summed E-state index contributed by atoms with van der Waals surface area (Å²) in [5.41, 5.74) is -0.158. The molecule has 0 aromatic carbocycles. The number of thiocarbonyl (C=S) groups is 1. The third kappa shape index (κ3) is 6.16. The number of hydrogen-bond acceptors (Lipinski definition) is 6. The summed E-state index contributed by atoms with van der Waals surface area (Å²) in [7, 11) is 3.85. The molecule has 1 heterocycles. The van der Waals surface area contributed by atoms with E-state index in [1.54, 1.807) is 0 Å². The van der Waals surface area contributed by atoms with Crippen LogP contribution in [0.4, 0.5) is 11.8 Å². The summed E-state index contributed by atoms with van der Waals surface area (Å²) in [6, 6.07) is -0.0419. The Morgan fingerprint density at radius 1 is 1.25 bits per heavy atom. The number of anilines is 2. The number of carbonyl (C=O) groups excluding carboxylic acids is 1. The van der Waals surface area contributed by atoms with Gasteiger partial charge in [-0.3, -0.25) is 4.57 Å².